The predicted molar refractivity (Wildman–Crippen MR) is 81.8 cm³/mol. The average molecular weight is 311 g/mol. The van der Waals surface area contributed by atoms with Crippen LogP contribution >= 0.6 is 23.4 Å². The summed E-state index contributed by atoms with van der Waals surface area (Å²) in [5.74, 6) is -0.220. The molecule has 0 bridgehead atoms. The topological polar surface area (TPSA) is 24.9 Å². The van der Waals surface area contributed by atoms with Gasteiger partial charge < -0.3 is 5.32 Å². The molecule has 2 rings (SSSR count). The number of halogens is 2. The van der Waals surface area contributed by atoms with Gasteiger partial charge in [0.05, 0.1) is 9.92 Å². The molecule has 2 aromatic rings. The fourth-order valence-electron chi connectivity index (χ4n) is 1.73. The Kier molecular flexibility index (Phi) is 5.83. The summed E-state index contributed by atoms with van der Waals surface area (Å²) in [5.41, 5.74) is 0.945. The van der Waals surface area contributed by atoms with Crippen LogP contribution in [-0.2, 0) is 6.54 Å². The zero-order valence-corrected chi connectivity index (χ0v) is 12.8. The summed E-state index contributed by atoms with van der Waals surface area (Å²) in [5, 5.41) is 4.60. The highest BCUT2D eigenvalue weighted by atomic mass is 35.5. The molecule has 0 fully saturated rings. The number of pyridine rings is 1. The number of nitrogens with one attached hydrogen (secondary N) is 1. The van der Waals surface area contributed by atoms with Gasteiger partial charge in [0.1, 0.15) is 10.8 Å². The van der Waals surface area contributed by atoms with Gasteiger partial charge in [0.15, 0.2) is 0 Å². The lowest BCUT2D eigenvalue weighted by atomic mass is 10.2. The summed E-state index contributed by atoms with van der Waals surface area (Å²) in [6.07, 6.45) is 2.62. The maximum Gasteiger partial charge on any atom is 0.137 e. The van der Waals surface area contributed by atoms with E-state index >= 15 is 0 Å². The molecule has 20 heavy (non-hydrogen) atoms. The van der Waals surface area contributed by atoms with Gasteiger partial charge in [-0.25, -0.2) is 9.37 Å². The van der Waals surface area contributed by atoms with Gasteiger partial charge in [0.25, 0.3) is 0 Å². The summed E-state index contributed by atoms with van der Waals surface area (Å²) in [6.45, 7) is 3.67. The summed E-state index contributed by atoms with van der Waals surface area (Å²) in [6, 6.07) is 8.69. The summed E-state index contributed by atoms with van der Waals surface area (Å²) in [4.78, 5) is 4.81. The van der Waals surface area contributed by atoms with Crippen LogP contribution in [-0.4, -0.2) is 11.5 Å². The monoisotopic (exact) mass is 310 g/mol. The molecule has 0 unspecified atom stereocenters. The van der Waals surface area contributed by atoms with E-state index in [1.165, 1.54) is 17.8 Å². The van der Waals surface area contributed by atoms with E-state index in [9.17, 15) is 4.39 Å². The Morgan fingerprint density at radius 2 is 2.15 bits per heavy atom. The lowest BCUT2D eigenvalue weighted by Gasteiger charge is -2.10. The van der Waals surface area contributed by atoms with Crippen molar-refractivity contribution in [3.05, 3.63) is 52.9 Å². The fourth-order valence-corrected chi connectivity index (χ4v) is 2.73. The first-order chi connectivity index (χ1) is 9.70. The fraction of sp³-hybridized carbons (Fsp3) is 0.267. The molecule has 5 heteroatoms. The second-order valence-corrected chi connectivity index (χ2v) is 5.79. The van der Waals surface area contributed by atoms with Crippen LogP contribution < -0.4 is 5.32 Å². The van der Waals surface area contributed by atoms with Crippen LogP contribution in [0.4, 0.5) is 4.39 Å². The van der Waals surface area contributed by atoms with Crippen molar-refractivity contribution >= 4 is 23.4 Å². The molecule has 0 radical (unpaired) electrons. The van der Waals surface area contributed by atoms with Crippen LogP contribution in [0.3, 0.4) is 0 Å². The minimum absolute atomic E-state index is 0.220. The quantitative estimate of drug-likeness (QED) is 0.794. The maximum absolute atomic E-state index is 14.0. The van der Waals surface area contributed by atoms with Crippen molar-refractivity contribution in [1.29, 1.82) is 0 Å². The van der Waals surface area contributed by atoms with Gasteiger partial charge in [-0.3, -0.25) is 0 Å². The molecule has 2 nitrogen and oxygen atoms in total. The van der Waals surface area contributed by atoms with Crippen LogP contribution in [0.2, 0.25) is 5.02 Å². The van der Waals surface area contributed by atoms with Gasteiger partial charge in [-0.05, 0) is 36.7 Å². The second kappa shape index (κ2) is 7.62. The highest BCUT2D eigenvalue weighted by Crippen LogP contribution is 2.31. The summed E-state index contributed by atoms with van der Waals surface area (Å²) >= 11 is 7.13. The van der Waals surface area contributed by atoms with Crippen molar-refractivity contribution in [1.82, 2.24) is 10.3 Å². The molecule has 0 aliphatic heterocycles. The number of benzene rings is 1. The van der Waals surface area contributed by atoms with E-state index in [4.69, 9.17) is 11.6 Å². The smallest absolute Gasteiger partial charge is 0.137 e. The van der Waals surface area contributed by atoms with E-state index in [2.05, 4.69) is 17.2 Å². The van der Waals surface area contributed by atoms with Crippen molar-refractivity contribution in [3.63, 3.8) is 0 Å². The molecule has 0 saturated heterocycles. The summed E-state index contributed by atoms with van der Waals surface area (Å²) < 4.78 is 14.0. The number of rotatable bonds is 6. The van der Waals surface area contributed by atoms with E-state index < -0.39 is 0 Å². The normalized spacial score (nSPS) is 10.8. The maximum atomic E-state index is 14.0. The molecule has 0 spiro atoms. The van der Waals surface area contributed by atoms with Gasteiger partial charge in [-0.1, -0.05) is 42.4 Å². The largest absolute Gasteiger partial charge is 0.313 e. The Balaban J connectivity index is 2.18. The molecule has 0 amide bonds. The minimum Gasteiger partial charge on any atom is -0.313 e. The predicted octanol–water partition coefficient (Wildman–Crippen LogP) is 4.52. The highest BCUT2D eigenvalue weighted by Gasteiger charge is 2.10. The first-order valence-corrected chi connectivity index (χ1v) is 7.67. The number of nitrogens with zero attached hydrogens (tertiary/aromatic N) is 1. The first kappa shape index (κ1) is 15.3. The average Bonchev–Trinajstić information content (AvgIpc) is 2.45. The lowest BCUT2D eigenvalue weighted by molar-refractivity contribution is 0.588. The van der Waals surface area contributed by atoms with Crippen molar-refractivity contribution < 1.29 is 4.39 Å². The first-order valence-electron chi connectivity index (χ1n) is 6.48. The molecular weight excluding hydrogens is 295 g/mol. The van der Waals surface area contributed by atoms with Crippen molar-refractivity contribution in [2.75, 3.05) is 6.54 Å². The van der Waals surface area contributed by atoms with Crippen LogP contribution in [0.1, 0.15) is 18.9 Å². The highest BCUT2D eigenvalue weighted by molar-refractivity contribution is 7.99. The molecule has 106 valence electrons. The summed E-state index contributed by atoms with van der Waals surface area (Å²) in [7, 11) is 0. The molecule has 0 saturated carbocycles. The van der Waals surface area contributed by atoms with Crippen molar-refractivity contribution in [3.8, 4) is 0 Å². The molecule has 1 heterocycles. The molecule has 1 aromatic heterocycles. The minimum atomic E-state index is -0.220. The van der Waals surface area contributed by atoms with E-state index in [0.29, 0.717) is 16.5 Å². The Hall–Kier alpha value is -1.10. The third-order valence-corrected chi connectivity index (χ3v) is 4.03. The molecule has 1 aromatic carbocycles. The van der Waals surface area contributed by atoms with Gasteiger partial charge in [0, 0.05) is 12.7 Å². The Labute approximate surface area is 127 Å². The standard InChI is InChI=1S/C15H16ClFN2S/c1-2-8-18-9-11-4-3-5-13(17)15(11)20-14-7-6-12(16)10-19-14/h3-7,10,18H,2,8-9H2,1H3. The van der Waals surface area contributed by atoms with E-state index in [-0.39, 0.29) is 5.82 Å². The third kappa shape index (κ3) is 4.20. The second-order valence-electron chi connectivity index (χ2n) is 4.32. The number of hydrogen-bond acceptors (Lipinski definition) is 3. The molecule has 1 N–H and O–H groups in total. The van der Waals surface area contributed by atoms with Gasteiger partial charge >= 0.3 is 0 Å². The van der Waals surface area contributed by atoms with Crippen molar-refractivity contribution in [2.45, 2.75) is 29.8 Å². The molecule has 0 atom stereocenters. The lowest BCUT2D eigenvalue weighted by Crippen LogP contribution is -2.14. The van der Waals surface area contributed by atoms with Gasteiger partial charge in [0.2, 0.25) is 0 Å². The van der Waals surface area contributed by atoms with Gasteiger partial charge in [-0.2, -0.15) is 0 Å². The van der Waals surface area contributed by atoms with Crippen LogP contribution in [0, 0.1) is 5.82 Å². The van der Waals surface area contributed by atoms with Crippen LogP contribution in [0.15, 0.2) is 46.5 Å². The molecule has 0 aliphatic rings. The van der Waals surface area contributed by atoms with Gasteiger partial charge in [-0.15, -0.1) is 0 Å². The third-order valence-electron chi connectivity index (χ3n) is 2.70. The van der Waals surface area contributed by atoms with Crippen LogP contribution in [0.25, 0.3) is 0 Å². The van der Waals surface area contributed by atoms with E-state index in [0.717, 1.165) is 23.6 Å². The Bertz CT molecular complexity index is 560. The number of aromatic nitrogens is 1. The van der Waals surface area contributed by atoms with E-state index in [1.807, 2.05) is 6.07 Å². The SMILES string of the molecule is CCCNCc1cccc(F)c1Sc1ccc(Cl)cn1. The van der Waals surface area contributed by atoms with Crippen LogP contribution in [0.5, 0.6) is 0 Å². The number of hydrogen-bond donors (Lipinski definition) is 1. The Morgan fingerprint density at radius 1 is 1.30 bits per heavy atom. The zero-order chi connectivity index (χ0) is 14.4. The zero-order valence-electron chi connectivity index (χ0n) is 11.2. The molecular formula is C15H16ClFN2S. The van der Waals surface area contributed by atoms with E-state index in [1.54, 1.807) is 24.4 Å². The molecule has 0 aliphatic carbocycles. The Morgan fingerprint density at radius 3 is 2.85 bits per heavy atom. The van der Waals surface area contributed by atoms with Crippen molar-refractivity contribution in [2.24, 2.45) is 0 Å².